The second-order valence-electron chi connectivity index (χ2n) is 35.4. The number of allylic oxidation sites excluding steroid dienone is 4. The van der Waals surface area contributed by atoms with Gasteiger partial charge in [-0.15, -0.1) is 0 Å². The lowest BCUT2D eigenvalue weighted by molar-refractivity contribution is 0.220. The largest absolute Gasteiger partial charge is 0.334 e. The fourth-order valence-electron chi connectivity index (χ4n) is 18.9. The first-order chi connectivity index (χ1) is 69.7. The zero-order valence-electron chi connectivity index (χ0n) is 96.0. The third kappa shape index (κ3) is 13.0. The minimum Gasteiger partial charge on any atom is -0.334 e. The maximum atomic E-state index is 12.2. The first-order valence-corrected chi connectivity index (χ1v) is 41.5. The number of anilines is 5. The molecule has 0 radical (unpaired) electrons. The topological polar surface area (TPSA) is 16.3 Å². The molecule has 2 aromatic heterocycles. The van der Waals surface area contributed by atoms with Gasteiger partial charge in [-0.1, -0.05) is 310 Å². The van der Waals surface area contributed by atoms with E-state index in [1.165, 1.54) is 0 Å². The number of aromatic nitrogens is 2. The number of fused-ring (bicyclic) bond motifs is 10. The average Bonchev–Trinajstić information content (AvgIpc) is 1.60. The highest BCUT2D eigenvalue weighted by Crippen LogP contribution is 2.57. The van der Waals surface area contributed by atoms with E-state index in [1.807, 2.05) is 92.4 Å². The Morgan fingerprint density at radius 2 is 0.882 bits per heavy atom. The predicted octanol–water partition coefficient (Wildman–Crippen LogP) is 29.1. The molecule has 4 heterocycles. The molecule has 21 rings (SSSR count). The van der Waals surface area contributed by atoms with Crippen molar-refractivity contribution in [3.63, 3.8) is 0 Å². The Bertz CT molecular complexity index is 8480. The number of hydrogen-bond acceptors (Lipinski definition) is 2. The van der Waals surface area contributed by atoms with Crippen LogP contribution in [0.4, 0.5) is 28.4 Å². The highest BCUT2D eigenvalue weighted by molar-refractivity contribution is 7.00. The maximum Gasteiger partial charge on any atom is 0.252 e. The smallest absolute Gasteiger partial charge is 0.252 e. The van der Waals surface area contributed by atoms with E-state index in [2.05, 4.69) is 88.9 Å². The lowest BCUT2D eigenvalue weighted by atomic mass is 9.33. The van der Waals surface area contributed by atoms with Crippen LogP contribution in [0.1, 0.15) is 163 Å². The van der Waals surface area contributed by atoms with Crippen molar-refractivity contribution in [3.05, 3.63) is 361 Å². The van der Waals surface area contributed by atoms with Gasteiger partial charge in [-0.3, -0.25) is 0 Å². The van der Waals surface area contributed by atoms with E-state index in [0.717, 1.165) is 45.1 Å². The second-order valence-corrected chi connectivity index (χ2v) is 35.4. The van der Waals surface area contributed by atoms with Gasteiger partial charge in [0.15, 0.2) is 0 Å². The predicted molar refractivity (Wildman–Crippen MR) is 509 cm³/mol. The fourth-order valence-corrected chi connectivity index (χ4v) is 18.9. The third-order valence-corrected chi connectivity index (χ3v) is 25.0. The van der Waals surface area contributed by atoms with Gasteiger partial charge in [0.25, 0.3) is 6.71 Å². The molecule has 0 amide bonds. The Balaban J connectivity index is 0.980. The van der Waals surface area contributed by atoms with Gasteiger partial charge in [0, 0.05) is 72.7 Å². The molecule has 4 atom stereocenters. The number of nitrogens with zero attached hydrogens (tertiary/aromatic N) is 4. The molecule has 14 aromatic carbocycles. The molecular formula is C114H103BN4. The lowest BCUT2D eigenvalue weighted by Gasteiger charge is -2.53. The molecule has 0 spiro atoms. The van der Waals surface area contributed by atoms with E-state index >= 15 is 0 Å². The number of benzene rings is 14. The maximum absolute atomic E-state index is 12.2. The Kier molecular flexibility index (Phi) is 12.2. The third-order valence-electron chi connectivity index (χ3n) is 25.0. The van der Waals surface area contributed by atoms with Gasteiger partial charge in [0.05, 0.1) is 72.2 Å². The fraction of sp³-hybridized carbons (Fsp3) is 0.211. The van der Waals surface area contributed by atoms with E-state index < -0.39 is 276 Å². The highest BCUT2D eigenvalue weighted by Gasteiger charge is 2.51. The Morgan fingerprint density at radius 3 is 1.39 bits per heavy atom. The van der Waals surface area contributed by atoms with Crippen LogP contribution in [-0.2, 0) is 10.8 Å². The Labute approximate surface area is 742 Å². The van der Waals surface area contributed by atoms with E-state index in [9.17, 15) is 38.4 Å². The first-order valence-electron chi connectivity index (χ1n) is 55.5. The summed E-state index contributed by atoms with van der Waals surface area (Å²) in [6, 6.07) is 22.4. The van der Waals surface area contributed by atoms with Crippen molar-refractivity contribution in [2.24, 2.45) is 23.2 Å². The van der Waals surface area contributed by atoms with Crippen LogP contribution in [0.3, 0.4) is 0 Å². The molecule has 0 fully saturated rings. The van der Waals surface area contributed by atoms with Crippen LogP contribution in [0.5, 0.6) is 0 Å². The molecule has 582 valence electrons. The van der Waals surface area contributed by atoms with Crippen LogP contribution < -0.4 is 26.2 Å². The zero-order valence-corrected chi connectivity index (χ0v) is 68.0. The quantitative estimate of drug-likeness (QED) is 0.0895. The number of para-hydroxylation sites is 2. The second kappa shape index (κ2) is 29.3. The molecule has 2 aliphatic heterocycles. The minimum absolute atomic E-state index is 0.0824. The van der Waals surface area contributed by atoms with E-state index in [0.29, 0.717) is 82.4 Å². The molecule has 0 bridgehead atoms. The van der Waals surface area contributed by atoms with E-state index in [4.69, 9.17) is 0 Å². The minimum atomic E-state index is -1.69. The summed E-state index contributed by atoms with van der Waals surface area (Å²) in [5, 5.41) is -1.81. The summed E-state index contributed by atoms with van der Waals surface area (Å²) in [5.41, 5.74) is -0.0880. The molecule has 3 aliphatic carbocycles. The number of hydrogen-bond donors (Lipinski definition) is 0. The van der Waals surface area contributed by atoms with Crippen molar-refractivity contribution in [1.82, 2.24) is 9.13 Å². The van der Waals surface area contributed by atoms with Crippen LogP contribution in [0, 0.1) is 23.2 Å². The Hall–Kier alpha value is -12.4. The monoisotopic (exact) mass is 1570 g/mol. The number of rotatable bonds is 12. The van der Waals surface area contributed by atoms with Gasteiger partial charge in [0.1, 0.15) is 0 Å². The lowest BCUT2D eigenvalue weighted by Crippen LogP contribution is -2.64. The van der Waals surface area contributed by atoms with Crippen molar-refractivity contribution in [2.75, 3.05) is 9.80 Å². The van der Waals surface area contributed by atoms with E-state index in [1.54, 1.807) is 60.7 Å². The molecule has 0 saturated heterocycles. The normalized spacial score (nSPS) is 20.7. The van der Waals surface area contributed by atoms with Crippen molar-refractivity contribution >= 4 is 95.1 Å². The Morgan fingerprint density at radius 1 is 0.403 bits per heavy atom. The molecule has 0 saturated carbocycles. The first kappa shape index (κ1) is 49.7. The molecule has 0 N–H and O–H groups in total. The summed E-state index contributed by atoms with van der Waals surface area (Å²) >= 11 is 0. The van der Waals surface area contributed by atoms with Crippen LogP contribution >= 0.6 is 0 Å². The van der Waals surface area contributed by atoms with Crippen molar-refractivity contribution in [1.29, 1.82) is 0 Å². The van der Waals surface area contributed by atoms with Gasteiger partial charge < -0.3 is 18.9 Å². The van der Waals surface area contributed by atoms with Crippen molar-refractivity contribution in [2.45, 2.75) is 131 Å². The molecule has 4 unspecified atom stereocenters. The molecule has 4 nitrogen and oxygen atoms in total. The zero-order chi connectivity index (χ0) is 105. The molecule has 5 aliphatic rings. The van der Waals surface area contributed by atoms with Crippen LogP contribution in [0.25, 0.3) is 122 Å². The summed E-state index contributed by atoms with van der Waals surface area (Å²) in [6.07, 6.45) is 14.7. The van der Waals surface area contributed by atoms with Gasteiger partial charge in [-0.2, -0.15) is 0 Å². The van der Waals surface area contributed by atoms with E-state index in [-0.39, 0.29) is 61.8 Å². The van der Waals surface area contributed by atoms with Crippen molar-refractivity contribution < 1.29 is 38.4 Å². The molecule has 5 heteroatoms. The summed E-state index contributed by atoms with van der Waals surface area (Å²) in [7, 11) is 0. The van der Waals surface area contributed by atoms with Gasteiger partial charge in [-0.05, 0) is 265 Å². The summed E-state index contributed by atoms with van der Waals surface area (Å²) in [6.45, 7) is 17.4. The summed E-state index contributed by atoms with van der Waals surface area (Å²) in [5.74, 6) is -0.759. The van der Waals surface area contributed by atoms with Gasteiger partial charge >= 0.3 is 0 Å². The molecule has 119 heavy (non-hydrogen) atoms. The standard InChI is InChI=1S/C114H103BN4/c1-112(2,3)86-66-93(76-38-20-12-21-39-76)110(94(67-86)77-40-22-13-23-41-77)118-105-72-89(116-101-52-30-28-50-91(101)97-64-84(54-60-103(97)116)82-48-32-46-80(62-82)74-34-16-10-17-35-74)56-58-99(105)115-100-59-57-90(117-102-53-31-29-51-92(102)98-65-85(55-61-104(98)117)83-49-33-47-81(63-83)75-36-18-11-19-37-75)73-106(100)119(108-71-88(114(7,8)9)70-107(118)109(108)115)111-95(78-42-24-14-25-43-78)68-87(113(4,5)6)69-96(111)79-44-26-15-27-45-79/h10-14,16-24,28-41,44,46-68,70-73,78,87,96,111H,15,25-27,42-43,45,69H2,1-9H3/i28D,29D,30D,31D,32D,33D,46D,47D,48D,49D,50D,51D,52D,53D,54D,55D,56D,57D,58D,59D,60D,61D,62D,63D,64D,65D,72D,73D. The summed E-state index contributed by atoms with van der Waals surface area (Å²) < 4.78 is 292. The molecule has 16 aromatic rings. The molecular weight excluding hydrogens is 1440 g/mol. The van der Waals surface area contributed by atoms with Crippen LogP contribution in [0.15, 0.2) is 350 Å². The van der Waals surface area contributed by atoms with Crippen LogP contribution in [-0.4, -0.2) is 21.9 Å². The highest BCUT2D eigenvalue weighted by atomic mass is 15.2. The van der Waals surface area contributed by atoms with Gasteiger partial charge in [-0.25, -0.2) is 0 Å². The average molecular weight is 1570 g/mol. The van der Waals surface area contributed by atoms with Crippen LogP contribution in [0.2, 0.25) is 0 Å². The SMILES string of the molecule is [2H]c1c([2H])c(-c2ccccc2)c([2H])c(-c2c([2H])c([2H])c3c(c2[2H])c2c([2H])c([2H])c([2H])c([2H])c2n3-c2c([2H])c([2H])c3c(c2[2H])N(c2c(-c4ccccc4)cc(C(C)(C)C)cc2-c2ccccc2)c2cc(C(C)(C)C)cc4c2B3c2c([2H])c([2H])c(-n3c5c([2H])c([2H])c([2H])c([2H])c5c5c([2H])c(-c6c([2H])c([2H])c([2H])c(-c7ccccc7)c6[2H])c([2H])c([2H])c53)c([2H])c2N4C2C(C3CC=CCC3)=CC(C(C)(C)C)CC2C2=CCCCC2)c1[2H]. The summed E-state index contributed by atoms with van der Waals surface area (Å²) in [4.78, 5) is 4.06. The van der Waals surface area contributed by atoms with Gasteiger partial charge in [0.2, 0.25) is 0 Å². The van der Waals surface area contributed by atoms with Crippen molar-refractivity contribution in [3.8, 4) is 78.1 Å².